The summed E-state index contributed by atoms with van der Waals surface area (Å²) in [6, 6.07) is 8.90. The number of benzene rings is 1. The fourth-order valence-corrected chi connectivity index (χ4v) is 2.58. The number of nitrogens with two attached hydrogens (primary N) is 2. The summed E-state index contributed by atoms with van der Waals surface area (Å²) in [5.41, 5.74) is 16.9. The number of carbonyl (C=O) groups excluding carboxylic acids is 1. The third kappa shape index (κ3) is 2.61. The van der Waals surface area contributed by atoms with Gasteiger partial charge in [-0.05, 0) is 23.8 Å². The first kappa shape index (κ1) is 13.3. The third-order valence-corrected chi connectivity index (χ3v) is 3.71. The van der Waals surface area contributed by atoms with Gasteiger partial charge in [0.25, 0.3) is 0 Å². The number of hydrogen-bond acceptors (Lipinski definition) is 5. The maximum Gasteiger partial charge on any atom is 0.248 e. The van der Waals surface area contributed by atoms with E-state index in [0.29, 0.717) is 11.4 Å². The molecular weight excluding hydrogens is 284 g/mol. The quantitative estimate of drug-likeness (QED) is 0.776. The summed E-state index contributed by atoms with van der Waals surface area (Å²) >= 11 is 1.52. The van der Waals surface area contributed by atoms with Crippen LogP contribution in [0.4, 0.5) is 5.82 Å². The van der Waals surface area contributed by atoms with E-state index in [0.717, 1.165) is 22.4 Å². The maximum atomic E-state index is 11.1. The number of amides is 1. The van der Waals surface area contributed by atoms with Crippen molar-refractivity contribution in [1.29, 1.82) is 0 Å². The lowest BCUT2D eigenvalue weighted by atomic mass is 10.0. The molecule has 5 nitrogen and oxygen atoms in total. The maximum absolute atomic E-state index is 11.1. The van der Waals surface area contributed by atoms with Crippen LogP contribution < -0.4 is 11.5 Å². The zero-order chi connectivity index (χ0) is 14.8. The van der Waals surface area contributed by atoms with Crippen molar-refractivity contribution in [2.24, 2.45) is 5.73 Å². The Hall–Kier alpha value is -2.73. The highest BCUT2D eigenvalue weighted by Gasteiger charge is 2.09. The monoisotopic (exact) mass is 296 g/mol. The van der Waals surface area contributed by atoms with E-state index < -0.39 is 5.91 Å². The van der Waals surface area contributed by atoms with Gasteiger partial charge >= 0.3 is 0 Å². The molecular formula is C15H12N4OS. The average molecular weight is 296 g/mol. The Kier molecular flexibility index (Phi) is 3.37. The zero-order valence-electron chi connectivity index (χ0n) is 11.0. The van der Waals surface area contributed by atoms with E-state index >= 15 is 0 Å². The number of primary amides is 1. The normalized spacial score (nSPS) is 10.5. The Morgan fingerprint density at radius 3 is 2.48 bits per heavy atom. The predicted molar refractivity (Wildman–Crippen MR) is 83.7 cm³/mol. The SMILES string of the molecule is NC(=O)c1ccc(-c2cc(-c3cscn3)cnc2N)cc1. The number of anilines is 1. The molecule has 0 unspecified atom stereocenters. The van der Waals surface area contributed by atoms with E-state index in [1.54, 1.807) is 36.0 Å². The molecule has 4 N–H and O–H groups in total. The number of carbonyl (C=O) groups is 1. The second-order valence-corrected chi connectivity index (χ2v) is 5.19. The molecule has 0 fully saturated rings. The van der Waals surface area contributed by atoms with Gasteiger partial charge < -0.3 is 11.5 Å². The molecule has 6 heteroatoms. The van der Waals surface area contributed by atoms with Gasteiger partial charge in [0.15, 0.2) is 0 Å². The molecule has 2 heterocycles. The Balaban J connectivity index is 2.05. The molecule has 1 amide bonds. The van der Waals surface area contributed by atoms with Crippen LogP contribution in [0.25, 0.3) is 22.4 Å². The van der Waals surface area contributed by atoms with Gasteiger partial charge in [-0.15, -0.1) is 11.3 Å². The van der Waals surface area contributed by atoms with Crippen molar-refractivity contribution in [3.05, 3.63) is 53.0 Å². The van der Waals surface area contributed by atoms with Gasteiger partial charge in [0.1, 0.15) is 5.82 Å². The van der Waals surface area contributed by atoms with E-state index in [2.05, 4.69) is 9.97 Å². The van der Waals surface area contributed by atoms with E-state index in [1.807, 2.05) is 11.4 Å². The minimum absolute atomic E-state index is 0.431. The highest BCUT2D eigenvalue weighted by Crippen LogP contribution is 2.29. The van der Waals surface area contributed by atoms with Gasteiger partial charge in [-0.3, -0.25) is 4.79 Å². The molecule has 0 saturated carbocycles. The lowest BCUT2D eigenvalue weighted by Gasteiger charge is -2.07. The molecule has 0 saturated heterocycles. The van der Waals surface area contributed by atoms with Gasteiger partial charge in [-0.25, -0.2) is 9.97 Å². The van der Waals surface area contributed by atoms with Gasteiger partial charge in [-0.1, -0.05) is 12.1 Å². The smallest absolute Gasteiger partial charge is 0.248 e. The average Bonchev–Trinajstić information content (AvgIpc) is 3.02. The lowest BCUT2D eigenvalue weighted by Crippen LogP contribution is -2.10. The Bertz CT molecular complexity index is 782. The van der Waals surface area contributed by atoms with Gasteiger partial charge in [0.05, 0.1) is 11.2 Å². The fourth-order valence-electron chi connectivity index (χ4n) is 2.02. The topological polar surface area (TPSA) is 94.9 Å². The summed E-state index contributed by atoms with van der Waals surface area (Å²) in [4.78, 5) is 19.6. The van der Waals surface area contributed by atoms with Gasteiger partial charge in [-0.2, -0.15) is 0 Å². The first-order valence-electron chi connectivity index (χ1n) is 6.19. The van der Waals surface area contributed by atoms with Crippen LogP contribution in [0.5, 0.6) is 0 Å². The summed E-state index contributed by atoms with van der Waals surface area (Å²) < 4.78 is 0. The molecule has 2 aromatic heterocycles. The molecule has 21 heavy (non-hydrogen) atoms. The van der Waals surface area contributed by atoms with E-state index in [4.69, 9.17) is 11.5 Å². The summed E-state index contributed by atoms with van der Waals surface area (Å²) in [5, 5.41) is 1.95. The van der Waals surface area contributed by atoms with Crippen molar-refractivity contribution in [2.45, 2.75) is 0 Å². The molecule has 0 radical (unpaired) electrons. The van der Waals surface area contributed by atoms with Crippen LogP contribution in [0.2, 0.25) is 0 Å². The minimum atomic E-state index is -0.455. The van der Waals surface area contributed by atoms with Gasteiger partial charge in [0.2, 0.25) is 5.91 Å². The van der Waals surface area contributed by atoms with Crippen LogP contribution in [0.15, 0.2) is 47.4 Å². The summed E-state index contributed by atoms with van der Waals surface area (Å²) in [7, 11) is 0. The van der Waals surface area contributed by atoms with Crippen LogP contribution in [-0.4, -0.2) is 15.9 Å². The standard InChI is InChI=1S/C15H12N4OS/c16-14-12(9-1-3-10(4-2-9)15(17)20)5-11(6-18-14)13-7-21-8-19-13/h1-8H,(H2,16,18)(H2,17,20). The number of nitrogen functional groups attached to an aromatic ring is 1. The third-order valence-electron chi connectivity index (χ3n) is 3.13. The molecule has 104 valence electrons. The van der Waals surface area contributed by atoms with Crippen molar-refractivity contribution in [3.8, 4) is 22.4 Å². The lowest BCUT2D eigenvalue weighted by molar-refractivity contribution is 0.100. The van der Waals surface area contributed by atoms with E-state index in [-0.39, 0.29) is 0 Å². The highest BCUT2D eigenvalue weighted by atomic mass is 32.1. The van der Waals surface area contributed by atoms with Crippen molar-refractivity contribution in [3.63, 3.8) is 0 Å². The van der Waals surface area contributed by atoms with E-state index in [1.165, 1.54) is 11.3 Å². The number of rotatable bonds is 3. The summed E-state index contributed by atoms with van der Waals surface area (Å²) in [6.45, 7) is 0. The molecule has 0 aliphatic rings. The minimum Gasteiger partial charge on any atom is -0.383 e. The Morgan fingerprint density at radius 1 is 1.10 bits per heavy atom. The van der Waals surface area contributed by atoms with Crippen molar-refractivity contribution < 1.29 is 4.79 Å². The molecule has 0 aliphatic heterocycles. The van der Waals surface area contributed by atoms with Crippen LogP contribution in [0, 0.1) is 0 Å². The van der Waals surface area contributed by atoms with Crippen LogP contribution in [0.3, 0.4) is 0 Å². The fraction of sp³-hybridized carbons (Fsp3) is 0. The zero-order valence-corrected chi connectivity index (χ0v) is 11.8. The van der Waals surface area contributed by atoms with Gasteiger partial charge in [0, 0.05) is 28.3 Å². The second kappa shape index (κ2) is 5.34. The molecule has 0 atom stereocenters. The Morgan fingerprint density at radius 2 is 1.86 bits per heavy atom. The molecule has 1 aromatic carbocycles. The van der Waals surface area contributed by atoms with Crippen LogP contribution in [0.1, 0.15) is 10.4 Å². The van der Waals surface area contributed by atoms with Crippen molar-refractivity contribution >= 4 is 23.1 Å². The Labute approximate surface area is 125 Å². The van der Waals surface area contributed by atoms with Crippen LogP contribution in [-0.2, 0) is 0 Å². The predicted octanol–water partition coefficient (Wildman–Crippen LogP) is 2.55. The van der Waals surface area contributed by atoms with Crippen molar-refractivity contribution in [1.82, 2.24) is 9.97 Å². The molecule has 0 spiro atoms. The molecule has 0 aliphatic carbocycles. The highest BCUT2D eigenvalue weighted by molar-refractivity contribution is 7.07. The molecule has 3 rings (SSSR count). The first-order valence-corrected chi connectivity index (χ1v) is 7.14. The molecule has 3 aromatic rings. The van der Waals surface area contributed by atoms with Crippen LogP contribution >= 0.6 is 11.3 Å². The largest absolute Gasteiger partial charge is 0.383 e. The number of thiazole rings is 1. The number of hydrogen-bond donors (Lipinski definition) is 2. The van der Waals surface area contributed by atoms with E-state index in [9.17, 15) is 4.79 Å². The van der Waals surface area contributed by atoms with Crippen molar-refractivity contribution in [2.75, 3.05) is 5.73 Å². The molecule has 0 bridgehead atoms. The second-order valence-electron chi connectivity index (χ2n) is 4.47. The first-order chi connectivity index (χ1) is 10.1. The number of nitrogens with zero attached hydrogens (tertiary/aromatic N) is 2. The summed E-state index contributed by atoms with van der Waals surface area (Å²) in [5.74, 6) is -0.0234. The summed E-state index contributed by atoms with van der Waals surface area (Å²) in [6.07, 6.45) is 1.70. The number of aromatic nitrogens is 2. The number of pyridine rings is 1.